The van der Waals surface area contributed by atoms with E-state index in [-0.39, 0.29) is 18.2 Å². The van der Waals surface area contributed by atoms with Gasteiger partial charge in [-0.15, -0.1) is 0 Å². The topological polar surface area (TPSA) is 95.5 Å². The zero-order valence-electron chi connectivity index (χ0n) is 11.1. The Hall–Kier alpha value is -2.37. The van der Waals surface area contributed by atoms with Gasteiger partial charge in [-0.1, -0.05) is 12.1 Å². The van der Waals surface area contributed by atoms with Crippen molar-refractivity contribution in [2.75, 3.05) is 12.4 Å². The lowest BCUT2D eigenvalue weighted by molar-refractivity contribution is -0.139. The molecule has 0 saturated heterocycles. The molecule has 0 radical (unpaired) electrons. The fourth-order valence-electron chi connectivity index (χ4n) is 1.97. The molecule has 2 rings (SSSR count). The number of benzene rings is 1. The molecule has 1 aromatic rings. The van der Waals surface area contributed by atoms with Crippen molar-refractivity contribution in [2.24, 2.45) is 11.8 Å². The van der Waals surface area contributed by atoms with Gasteiger partial charge in [0.2, 0.25) is 11.8 Å². The molecule has 1 aliphatic carbocycles. The second kappa shape index (κ2) is 5.73. The molecular formula is C14H16N2O4. The quantitative estimate of drug-likeness (QED) is 0.735. The first kappa shape index (κ1) is 14.0. The van der Waals surface area contributed by atoms with Crippen molar-refractivity contribution in [1.29, 1.82) is 0 Å². The third-order valence-electron chi connectivity index (χ3n) is 3.31. The number of carboxylic acids is 1. The molecule has 6 heteroatoms. The minimum Gasteiger partial charge on any atom is -0.481 e. The van der Waals surface area contributed by atoms with Crippen LogP contribution in [0.5, 0.6) is 0 Å². The number of anilines is 1. The maximum absolute atomic E-state index is 11.8. The van der Waals surface area contributed by atoms with Crippen LogP contribution in [0, 0.1) is 11.8 Å². The van der Waals surface area contributed by atoms with Crippen molar-refractivity contribution < 1.29 is 19.5 Å². The van der Waals surface area contributed by atoms with Gasteiger partial charge in [0.1, 0.15) is 0 Å². The average molecular weight is 276 g/mol. The lowest BCUT2D eigenvalue weighted by Gasteiger charge is -2.06. The second-order valence-electron chi connectivity index (χ2n) is 4.82. The monoisotopic (exact) mass is 276 g/mol. The number of hydrogen-bond donors (Lipinski definition) is 3. The number of likely N-dealkylation sites (N-methyl/N-ethyl adjacent to an activating group) is 1. The molecule has 2 unspecified atom stereocenters. The van der Waals surface area contributed by atoms with Gasteiger partial charge in [-0.05, 0) is 24.1 Å². The summed E-state index contributed by atoms with van der Waals surface area (Å²) >= 11 is 0. The van der Waals surface area contributed by atoms with Gasteiger partial charge in [-0.2, -0.15) is 0 Å². The third kappa shape index (κ3) is 3.34. The van der Waals surface area contributed by atoms with Crippen LogP contribution in [0.4, 0.5) is 5.69 Å². The number of amides is 2. The summed E-state index contributed by atoms with van der Waals surface area (Å²) in [7, 11) is 1.57. The Morgan fingerprint density at radius 2 is 1.85 bits per heavy atom. The van der Waals surface area contributed by atoms with E-state index < -0.39 is 17.8 Å². The Labute approximate surface area is 116 Å². The summed E-state index contributed by atoms with van der Waals surface area (Å²) in [5.74, 6) is -2.26. The molecule has 2 amide bonds. The molecular weight excluding hydrogens is 260 g/mol. The standard InChI is InChI=1S/C14H16N2O4/c1-15-12(17)6-8-2-4-9(5-3-8)16-13(18)10-7-11(10)14(19)20/h2-5,10-11H,6-7H2,1H3,(H,15,17)(H,16,18)(H,19,20). The molecule has 2 atom stereocenters. The van der Waals surface area contributed by atoms with Crippen LogP contribution < -0.4 is 10.6 Å². The van der Waals surface area contributed by atoms with Crippen LogP contribution in [-0.4, -0.2) is 29.9 Å². The minimum absolute atomic E-state index is 0.0796. The number of carbonyl (C=O) groups excluding carboxylic acids is 2. The Morgan fingerprint density at radius 3 is 2.35 bits per heavy atom. The molecule has 106 valence electrons. The molecule has 0 aliphatic heterocycles. The molecule has 1 aliphatic rings. The van der Waals surface area contributed by atoms with E-state index in [9.17, 15) is 14.4 Å². The van der Waals surface area contributed by atoms with Gasteiger partial charge in [0, 0.05) is 12.7 Å². The molecule has 1 saturated carbocycles. The fourth-order valence-corrected chi connectivity index (χ4v) is 1.97. The van der Waals surface area contributed by atoms with Crippen molar-refractivity contribution >= 4 is 23.5 Å². The Bertz CT molecular complexity index is 539. The Kier molecular flexibility index (Phi) is 4.02. The minimum atomic E-state index is -0.925. The molecule has 1 aromatic carbocycles. The van der Waals surface area contributed by atoms with E-state index in [1.165, 1.54) is 0 Å². The number of rotatable bonds is 5. The summed E-state index contributed by atoms with van der Waals surface area (Å²) in [6, 6.07) is 6.92. The summed E-state index contributed by atoms with van der Waals surface area (Å²) in [5.41, 5.74) is 1.45. The highest BCUT2D eigenvalue weighted by Gasteiger charge is 2.48. The van der Waals surface area contributed by atoms with Crippen molar-refractivity contribution in [3.05, 3.63) is 29.8 Å². The second-order valence-corrected chi connectivity index (χ2v) is 4.82. The van der Waals surface area contributed by atoms with Gasteiger partial charge in [0.05, 0.1) is 18.3 Å². The number of carbonyl (C=O) groups is 3. The summed E-state index contributed by atoms with van der Waals surface area (Å²) in [5, 5.41) is 14.0. The van der Waals surface area contributed by atoms with E-state index in [1.54, 1.807) is 31.3 Å². The van der Waals surface area contributed by atoms with Gasteiger partial charge in [0.15, 0.2) is 0 Å². The number of hydrogen-bond acceptors (Lipinski definition) is 3. The Balaban J connectivity index is 1.89. The van der Waals surface area contributed by atoms with E-state index in [4.69, 9.17) is 5.11 Å². The molecule has 0 spiro atoms. The van der Waals surface area contributed by atoms with E-state index >= 15 is 0 Å². The SMILES string of the molecule is CNC(=O)Cc1ccc(NC(=O)C2CC2C(=O)O)cc1. The largest absolute Gasteiger partial charge is 0.481 e. The van der Waals surface area contributed by atoms with Gasteiger partial charge in [-0.25, -0.2) is 0 Å². The third-order valence-corrected chi connectivity index (χ3v) is 3.31. The van der Waals surface area contributed by atoms with Crippen molar-refractivity contribution in [3.8, 4) is 0 Å². The summed E-state index contributed by atoms with van der Waals surface area (Å²) < 4.78 is 0. The van der Waals surface area contributed by atoms with E-state index in [1.807, 2.05) is 0 Å². The van der Waals surface area contributed by atoms with Gasteiger partial charge in [0.25, 0.3) is 0 Å². The number of carboxylic acid groups (broad SMARTS) is 1. The predicted octanol–water partition coefficient (Wildman–Crippen LogP) is 0.634. The van der Waals surface area contributed by atoms with E-state index in [0.717, 1.165) is 5.56 Å². The summed E-state index contributed by atoms with van der Waals surface area (Å²) in [6.07, 6.45) is 0.685. The summed E-state index contributed by atoms with van der Waals surface area (Å²) in [4.78, 5) is 33.7. The van der Waals surface area contributed by atoms with Crippen LogP contribution in [0.15, 0.2) is 24.3 Å². The number of nitrogens with one attached hydrogen (secondary N) is 2. The van der Waals surface area contributed by atoms with Gasteiger partial charge in [-0.3, -0.25) is 14.4 Å². The van der Waals surface area contributed by atoms with Gasteiger partial charge < -0.3 is 15.7 Å². The zero-order chi connectivity index (χ0) is 14.7. The molecule has 0 aromatic heterocycles. The first-order valence-corrected chi connectivity index (χ1v) is 6.34. The van der Waals surface area contributed by atoms with Crippen molar-refractivity contribution in [3.63, 3.8) is 0 Å². The molecule has 6 nitrogen and oxygen atoms in total. The lowest BCUT2D eigenvalue weighted by Crippen LogP contribution is -2.20. The van der Waals surface area contributed by atoms with Crippen molar-refractivity contribution in [2.45, 2.75) is 12.8 Å². The Morgan fingerprint density at radius 1 is 1.20 bits per heavy atom. The highest BCUT2D eigenvalue weighted by atomic mass is 16.4. The van der Waals surface area contributed by atoms with Gasteiger partial charge >= 0.3 is 5.97 Å². The highest BCUT2D eigenvalue weighted by molar-refractivity contribution is 5.98. The predicted molar refractivity (Wildman–Crippen MR) is 72.1 cm³/mol. The number of aliphatic carboxylic acids is 1. The maximum Gasteiger partial charge on any atom is 0.307 e. The van der Waals surface area contributed by atoms with E-state index in [2.05, 4.69) is 10.6 Å². The van der Waals surface area contributed by atoms with Crippen LogP contribution >= 0.6 is 0 Å². The van der Waals surface area contributed by atoms with Crippen molar-refractivity contribution in [1.82, 2.24) is 5.32 Å². The summed E-state index contributed by atoms with van der Waals surface area (Å²) in [6.45, 7) is 0. The smallest absolute Gasteiger partial charge is 0.307 e. The molecule has 1 fully saturated rings. The molecule has 20 heavy (non-hydrogen) atoms. The first-order chi connectivity index (χ1) is 9.51. The maximum atomic E-state index is 11.8. The molecule has 0 bridgehead atoms. The van der Waals surface area contributed by atoms with Crippen LogP contribution in [0.3, 0.4) is 0 Å². The van der Waals surface area contributed by atoms with Crippen LogP contribution in [-0.2, 0) is 20.8 Å². The van der Waals surface area contributed by atoms with Crippen LogP contribution in [0.25, 0.3) is 0 Å². The van der Waals surface area contributed by atoms with E-state index in [0.29, 0.717) is 12.1 Å². The lowest BCUT2D eigenvalue weighted by atomic mass is 10.1. The highest BCUT2D eigenvalue weighted by Crippen LogP contribution is 2.39. The zero-order valence-corrected chi connectivity index (χ0v) is 11.1. The fraction of sp³-hybridized carbons (Fsp3) is 0.357. The molecule has 3 N–H and O–H groups in total. The molecule has 0 heterocycles. The first-order valence-electron chi connectivity index (χ1n) is 6.34. The van der Waals surface area contributed by atoms with Crippen LogP contribution in [0.1, 0.15) is 12.0 Å². The normalized spacial score (nSPS) is 20.1. The average Bonchev–Trinajstić information content (AvgIpc) is 3.21. The van der Waals surface area contributed by atoms with Crippen LogP contribution in [0.2, 0.25) is 0 Å².